The molecule has 1 fully saturated rings. The fraction of sp³-hybridized carbons (Fsp3) is 0.200. The molecular weight excluding hydrogens is 516 g/mol. The molecule has 1 saturated heterocycles. The molecule has 2 atom stereocenters. The smallest absolute Gasteiger partial charge is 0.250 e. The third kappa shape index (κ3) is 5.86. The maximum atomic E-state index is 13.7. The zero-order valence-electron chi connectivity index (χ0n) is 21.0. The van der Waals surface area contributed by atoms with Gasteiger partial charge < -0.3 is 20.5 Å². The van der Waals surface area contributed by atoms with Crippen LogP contribution in [0.3, 0.4) is 0 Å². The standard InChI is InChI=1S/C30H27ClN4O4/c31-24-12-6-4-10-20(24)15-33-29(38)23(14-21-16-32-25-13-7-5-11-22(21)25)26(36)17-35-18-27(37)34-28(30(35)39)19-8-2-1-3-9-19/h1-13,16,23,28,32H,14-15,17-18H2,(H,33,38)(H,34,37). The molecular formula is C30H27ClN4O4. The van der Waals surface area contributed by atoms with Crippen molar-refractivity contribution in [2.24, 2.45) is 5.92 Å². The van der Waals surface area contributed by atoms with Crippen LogP contribution in [-0.2, 0) is 32.1 Å². The lowest BCUT2D eigenvalue weighted by atomic mass is 9.93. The number of H-pyrrole nitrogens is 1. The number of fused-ring (bicyclic) bond motifs is 1. The van der Waals surface area contributed by atoms with Crippen LogP contribution in [-0.4, -0.2) is 46.5 Å². The maximum Gasteiger partial charge on any atom is 0.250 e. The van der Waals surface area contributed by atoms with Crippen LogP contribution in [0.1, 0.15) is 22.7 Å². The third-order valence-corrected chi connectivity index (χ3v) is 7.26. The zero-order valence-corrected chi connectivity index (χ0v) is 21.8. The van der Waals surface area contributed by atoms with Gasteiger partial charge in [0.05, 0.1) is 6.54 Å². The Bertz CT molecular complexity index is 1530. The van der Waals surface area contributed by atoms with E-state index in [-0.39, 0.29) is 32.0 Å². The van der Waals surface area contributed by atoms with E-state index in [0.29, 0.717) is 10.6 Å². The Labute approximate surface area is 230 Å². The van der Waals surface area contributed by atoms with Gasteiger partial charge in [0.2, 0.25) is 11.8 Å². The van der Waals surface area contributed by atoms with Crippen molar-refractivity contribution in [1.82, 2.24) is 20.5 Å². The van der Waals surface area contributed by atoms with E-state index in [0.717, 1.165) is 22.0 Å². The molecule has 0 aliphatic carbocycles. The highest BCUT2D eigenvalue weighted by atomic mass is 35.5. The largest absolute Gasteiger partial charge is 0.361 e. The highest BCUT2D eigenvalue weighted by molar-refractivity contribution is 6.31. The van der Waals surface area contributed by atoms with Gasteiger partial charge >= 0.3 is 0 Å². The number of rotatable bonds is 9. The second kappa shape index (κ2) is 11.5. The van der Waals surface area contributed by atoms with Crippen LogP contribution in [0.5, 0.6) is 0 Å². The Balaban J connectivity index is 1.37. The van der Waals surface area contributed by atoms with Gasteiger partial charge in [0.15, 0.2) is 5.78 Å². The van der Waals surface area contributed by atoms with Crippen LogP contribution < -0.4 is 10.6 Å². The minimum atomic E-state index is -1.08. The highest BCUT2D eigenvalue weighted by Gasteiger charge is 2.37. The average Bonchev–Trinajstić information content (AvgIpc) is 3.36. The van der Waals surface area contributed by atoms with Gasteiger partial charge in [0.1, 0.15) is 18.5 Å². The molecule has 39 heavy (non-hydrogen) atoms. The third-order valence-electron chi connectivity index (χ3n) is 6.89. The number of halogens is 1. The number of Topliss-reactive ketones (excluding diaryl/α,β-unsaturated/α-hetero) is 1. The summed E-state index contributed by atoms with van der Waals surface area (Å²) in [7, 11) is 0. The predicted octanol–water partition coefficient (Wildman–Crippen LogP) is 3.57. The molecule has 4 aromatic rings. The Morgan fingerprint density at radius 3 is 2.46 bits per heavy atom. The lowest BCUT2D eigenvalue weighted by molar-refractivity contribution is -0.147. The summed E-state index contributed by atoms with van der Waals surface area (Å²) < 4.78 is 0. The lowest BCUT2D eigenvalue weighted by Crippen LogP contribution is -2.55. The van der Waals surface area contributed by atoms with E-state index < -0.39 is 29.6 Å². The number of aromatic nitrogens is 1. The van der Waals surface area contributed by atoms with Gasteiger partial charge in [0, 0.05) is 28.7 Å². The van der Waals surface area contributed by atoms with Gasteiger partial charge in [-0.15, -0.1) is 0 Å². The van der Waals surface area contributed by atoms with E-state index in [1.165, 1.54) is 4.90 Å². The summed E-state index contributed by atoms with van der Waals surface area (Å²) >= 11 is 6.25. The first-order valence-electron chi connectivity index (χ1n) is 12.6. The second-order valence-electron chi connectivity index (χ2n) is 9.50. The van der Waals surface area contributed by atoms with Gasteiger partial charge in [-0.05, 0) is 35.2 Å². The van der Waals surface area contributed by atoms with E-state index in [1.807, 2.05) is 36.4 Å². The molecule has 0 radical (unpaired) electrons. The second-order valence-corrected chi connectivity index (χ2v) is 9.90. The number of nitrogens with one attached hydrogen (secondary N) is 3. The number of carbonyl (C=O) groups is 4. The number of para-hydroxylation sites is 1. The molecule has 0 bridgehead atoms. The van der Waals surface area contributed by atoms with Crippen LogP contribution in [0.25, 0.3) is 10.9 Å². The fourth-order valence-corrected chi connectivity index (χ4v) is 5.03. The van der Waals surface area contributed by atoms with Gasteiger partial charge in [-0.3, -0.25) is 19.2 Å². The first kappa shape index (κ1) is 26.2. The molecule has 1 aliphatic rings. The van der Waals surface area contributed by atoms with Crippen LogP contribution in [0.2, 0.25) is 5.02 Å². The van der Waals surface area contributed by atoms with E-state index in [1.54, 1.807) is 48.7 Å². The molecule has 2 unspecified atom stereocenters. The molecule has 3 aromatic carbocycles. The zero-order chi connectivity index (χ0) is 27.4. The normalized spacial score (nSPS) is 16.1. The predicted molar refractivity (Wildman–Crippen MR) is 148 cm³/mol. The Hall–Kier alpha value is -4.43. The van der Waals surface area contributed by atoms with Gasteiger partial charge in [-0.1, -0.05) is 78.3 Å². The van der Waals surface area contributed by atoms with Crippen molar-refractivity contribution in [2.75, 3.05) is 13.1 Å². The summed E-state index contributed by atoms with van der Waals surface area (Å²) in [6.07, 6.45) is 1.92. The minimum absolute atomic E-state index is 0.132. The van der Waals surface area contributed by atoms with Crippen molar-refractivity contribution in [3.8, 4) is 0 Å². The summed E-state index contributed by atoms with van der Waals surface area (Å²) in [5.41, 5.74) is 3.05. The summed E-state index contributed by atoms with van der Waals surface area (Å²) in [5.74, 6) is -2.77. The molecule has 8 nitrogen and oxygen atoms in total. The number of piperazine rings is 1. The van der Waals surface area contributed by atoms with Crippen LogP contribution in [0.4, 0.5) is 0 Å². The van der Waals surface area contributed by atoms with Crippen LogP contribution in [0.15, 0.2) is 85.1 Å². The number of hydrogen-bond donors (Lipinski definition) is 3. The highest BCUT2D eigenvalue weighted by Crippen LogP contribution is 2.24. The van der Waals surface area contributed by atoms with Crippen LogP contribution in [0, 0.1) is 5.92 Å². The molecule has 0 spiro atoms. The number of ketones is 1. The topological polar surface area (TPSA) is 111 Å². The molecule has 5 rings (SSSR count). The van der Waals surface area contributed by atoms with Crippen LogP contribution >= 0.6 is 11.6 Å². The number of nitrogens with zero attached hydrogens (tertiary/aromatic N) is 1. The molecule has 3 N–H and O–H groups in total. The summed E-state index contributed by atoms with van der Waals surface area (Å²) in [5, 5.41) is 6.95. The maximum absolute atomic E-state index is 13.7. The Kier molecular flexibility index (Phi) is 7.74. The van der Waals surface area contributed by atoms with Crippen molar-refractivity contribution in [1.29, 1.82) is 0 Å². The Morgan fingerprint density at radius 2 is 1.67 bits per heavy atom. The monoisotopic (exact) mass is 542 g/mol. The quantitative estimate of drug-likeness (QED) is 0.281. The molecule has 9 heteroatoms. The van der Waals surface area contributed by atoms with E-state index in [4.69, 9.17) is 11.6 Å². The van der Waals surface area contributed by atoms with Crippen molar-refractivity contribution >= 4 is 46.0 Å². The molecule has 3 amide bonds. The number of amides is 3. The van der Waals surface area contributed by atoms with Crippen molar-refractivity contribution in [3.63, 3.8) is 0 Å². The fourth-order valence-electron chi connectivity index (χ4n) is 4.83. The van der Waals surface area contributed by atoms with Crippen molar-refractivity contribution in [3.05, 3.63) is 107 Å². The van der Waals surface area contributed by atoms with Gasteiger partial charge in [0.25, 0.3) is 5.91 Å². The lowest BCUT2D eigenvalue weighted by Gasteiger charge is -2.33. The molecule has 2 heterocycles. The van der Waals surface area contributed by atoms with E-state index >= 15 is 0 Å². The Morgan fingerprint density at radius 1 is 0.949 bits per heavy atom. The van der Waals surface area contributed by atoms with E-state index in [9.17, 15) is 19.2 Å². The molecule has 0 saturated carbocycles. The molecule has 198 valence electrons. The summed E-state index contributed by atoms with van der Waals surface area (Å²) in [6, 6.07) is 22.8. The van der Waals surface area contributed by atoms with Crippen molar-refractivity contribution < 1.29 is 19.2 Å². The molecule has 1 aliphatic heterocycles. The van der Waals surface area contributed by atoms with Crippen molar-refractivity contribution in [2.45, 2.75) is 19.0 Å². The number of benzene rings is 3. The minimum Gasteiger partial charge on any atom is -0.361 e. The van der Waals surface area contributed by atoms with E-state index in [2.05, 4.69) is 15.6 Å². The average molecular weight is 543 g/mol. The summed E-state index contributed by atoms with van der Waals surface area (Å²) in [6.45, 7) is -0.464. The first-order valence-corrected chi connectivity index (χ1v) is 13.0. The SMILES string of the molecule is O=C1CN(CC(=O)C(Cc2c[nH]c3ccccc23)C(=O)NCc2ccccc2Cl)C(=O)C(c2ccccc2)N1. The first-order chi connectivity index (χ1) is 18.9. The van der Waals surface area contributed by atoms with Gasteiger partial charge in [-0.2, -0.15) is 0 Å². The van der Waals surface area contributed by atoms with Gasteiger partial charge in [-0.25, -0.2) is 0 Å². The number of carbonyl (C=O) groups excluding carboxylic acids is 4. The summed E-state index contributed by atoms with van der Waals surface area (Å²) in [4.78, 5) is 57.3. The number of hydrogen-bond acceptors (Lipinski definition) is 4. The number of aromatic amines is 1. The molecule has 1 aromatic heterocycles.